The quantitative estimate of drug-likeness (QED) is 0.586. The van der Waals surface area contributed by atoms with Gasteiger partial charge in [-0.05, 0) is 18.2 Å². The second-order valence-electron chi connectivity index (χ2n) is 4.42. The first kappa shape index (κ1) is 12.3. The molecule has 0 atom stereocenters. The molecule has 0 fully saturated rings. The molecular formula is C16H13NO3. The molecule has 2 heterocycles. The van der Waals surface area contributed by atoms with Crippen LogP contribution in [0.15, 0.2) is 55.3 Å². The lowest BCUT2D eigenvalue weighted by molar-refractivity contribution is 0.0554. The highest BCUT2D eigenvalue weighted by Crippen LogP contribution is 2.28. The maximum Gasteiger partial charge on any atom is 0.341 e. The first-order valence-electron chi connectivity index (χ1n) is 6.22. The fourth-order valence-electron chi connectivity index (χ4n) is 2.35. The van der Waals surface area contributed by atoms with Gasteiger partial charge in [0.05, 0.1) is 22.8 Å². The van der Waals surface area contributed by atoms with Crippen LogP contribution < -0.4 is 0 Å². The van der Waals surface area contributed by atoms with Crippen LogP contribution in [0, 0.1) is 0 Å². The zero-order valence-corrected chi connectivity index (χ0v) is 10.7. The molecule has 1 aromatic carbocycles. The number of rotatable bonds is 3. The third kappa shape index (κ3) is 1.82. The average Bonchev–Trinajstić information content (AvgIpc) is 2.79. The zero-order valence-electron chi connectivity index (χ0n) is 10.7. The number of esters is 1. The standard InChI is InChI=1S/C16H13NO3/c1-2-9-20-16(19)15-12-5-3-4-6-13(12)17-10-11(18)7-8-14(15)17/h2-8,10,18H,1,9H2. The minimum absolute atomic E-state index is 0.143. The summed E-state index contributed by atoms with van der Waals surface area (Å²) in [5, 5.41) is 10.4. The Kier molecular flexibility index (Phi) is 2.91. The predicted octanol–water partition coefficient (Wildman–Crippen LogP) is 3.14. The molecule has 0 bridgehead atoms. The summed E-state index contributed by atoms with van der Waals surface area (Å²) in [6.07, 6.45) is 3.12. The first-order chi connectivity index (χ1) is 9.72. The van der Waals surface area contributed by atoms with Crippen molar-refractivity contribution in [3.63, 3.8) is 0 Å². The predicted molar refractivity (Wildman–Crippen MR) is 77.0 cm³/mol. The number of hydrogen-bond donors (Lipinski definition) is 1. The van der Waals surface area contributed by atoms with E-state index in [1.807, 2.05) is 24.3 Å². The van der Waals surface area contributed by atoms with E-state index in [1.165, 1.54) is 6.08 Å². The Bertz CT molecular complexity index is 817. The van der Waals surface area contributed by atoms with E-state index in [9.17, 15) is 9.90 Å². The number of aromatic hydroxyl groups is 1. The second kappa shape index (κ2) is 4.74. The third-order valence-corrected chi connectivity index (χ3v) is 3.16. The molecule has 0 aliphatic heterocycles. The minimum Gasteiger partial charge on any atom is -0.506 e. The fraction of sp³-hybridized carbons (Fsp3) is 0.0625. The molecule has 0 aliphatic rings. The average molecular weight is 267 g/mol. The Morgan fingerprint density at radius 2 is 2.05 bits per heavy atom. The third-order valence-electron chi connectivity index (χ3n) is 3.16. The summed E-state index contributed by atoms with van der Waals surface area (Å²) in [7, 11) is 0. The van der Waals surface area contributed by atoms with Gasteiger partial charge in [0.2, 0.25) is 0 Å². The molecule has 3 aromatic rings. The van der Waals surface area contributed by atoms with Crippen LogP contribution in [0.2, 0.25) is 0 Å². The molecule has 0 amide bonds. The van der Waals surface area contributed by atoms with Crippen molar-refractivity contribution in [2.45, 2.75) is 0 Å². The number of nitrogens with zero attached hydrogens (tertiary/aromatic N) is 1. The second-order valence-corrected chi connectivity index (χ2v) is 4.42. The van der Waals surface area contributed by atoms with Gasteiger partial charge in [-0.3, -0.25) is 0 Å². The molecule has 20 heavy (non-hydrogen) atoms. The molecule has 0 saturated heterocycles. The number of carbonyl (C=O) groups excluding carboxylic acids is 1. The maximum absolute atomic E-state index is 12.2. The lowest BCUT2D eigenvalue weighted by atomic mass is 10.1. The summed E-state index contributed by atoms with van der Waals surface area (Å²) in [5.74, 6) is -0.251. The Hall–Kier alpha value is -2.75. The number of pyridine rings is 1. The number of hydrogen-bond acceptors (Lipinski definition) is 3. The number of para-hydroxylation sites is 1. The SMILES string of the molecule is C=CCOC(=O)c1c2ccccc2n2cc(O)ccc12. The fourth-order valence-corrected chi connectivity index (χ4v) is 2.35. The molecule has 4 nitrogen and oxygen atoms in total. The van der Waals surface area contributed by atoms with Crippen LogP contribution in [0.5, 0.6) is 5.75 Å². The summed E-state index contributed by atoms with van der Waals surface area (Å²) < 4.78 is 6.94. The Morgan fingerprint density at radius 1 is 1.25 bits per heavy atom. The smallest absolute Gasteiger partial charge is 0.341 e. The van der Waals surface area contributed by atoms with E-state index in [4.69, 9.17) is 4.74 Å². The Balaban J connectivity index is 2.32. The van der Waals surface area contributed by atoms with Crippen molar-refractivity contribution >= 4 is 22.4 Å². The molecule has 0 spiro atoms. The van der Waals surface area contributed by atoms with Crippen LogP contribution in [0.3, 0.4) is 0 Å². The monoisotopic (exact) mass is 267 g/mol. The Labute approximate surface area is 115 Å². The number of benzene rings is 1. The van der Waals surface area contributed by atoms with Gasteiger partial charge in [-0.1, -0.05) is 30.9 Å². The number of ether oxygens (including phenoxy) is 1. The summed E-state index contributed by atoms with van der Waals surface area (Å²) in [6.45, 7) is 3.70. The van der Waals surface area contributed by atoms with E-state index in [-0.39, 0.29) is 12.4 Å². The van der Waals surface area contributed by atoms with Gasteiger partial charge in [-0.15, -0.1) is 0 Å². The molecule has 0 saturated carbocycles. The van der Waals surface area contributed by atoms with Crippen LogP contribution in [-0.4, -0.2) is 22.1 Å². The van der Waals surface area contributed by atoms with Gasteiger partial charge < -0.3 is 14.2 Å². The summed E-state index contributed by atoms with van der Waals surface area (Å²) in [6, 6.07) is 10.8. The van der Waals surface area contributed by atoms with E-state index in [0.717, 1.165) is 10.9 Å². The van der Waals surface area contributed by atoms with Crippen molar-refractivity contribution < 1.29 is 14.6 Å². The van der Waals surface area contributed by atoms with E-state index < -0.39 is 5.97 Å². The van der Waals surface area contributed by atoms with Crippen LogP contribution in [0.25, 0.3) is 16.4 Å². The molecule has 0 aliphatic carbocycles. The normalized spacial score (nSPS) is 10.8. The van der Waals surface area contributed by atoms with Crippen molar-refractivity contribution in [2.75, 3.05) is 6.61 Å². The molecule has 100 valence electrons. The topological polar surface area (TPSA) is 50.9 Å². The molecular weight excluding hydrogens is 254 g/mol. The number of carbonyl (C=O) groups is 1. The molecule has 0 unspecified atom stereocenters. The molecule has 3 rings (SSSR count). The lowest BCUT2D eigenvalue weighted by Crippen LogP contribution is -2.05. The highest BCUT2D eigenvalue weighted by atomic mass is 16.5. The van der Waals surface area contributed by atoms with Gasteiger partial charge in [0.1, 0.15) is 12.4 Å². The van der Waals surface area contributed by atoms with Gasteiger partial charge >= 0.3 is 5.97 Å². The van der Waals surface area contributed by atoms with E-state index >= 15 is 0 Å². The maximum atomic E-state index is 12.2. The summed E-state index contributed by atoms with van der Waals surface area (Å²) in [5.41, 5.74) is 2.06. The Morgan fingerprint density at radius 3 is 2.85 bits per heavy atom. The van der Waals surface area contributed by atoms with Crippen molar-refractivity contribution in [1.29, 1.82) is 0 Å². The van der Waals surface area contributed by atoms with E-state index in [2.05, 4.69) is 6.58 Å². The lowest BCUT2D eigenvalue weighted by Gasteiger charge is -2.02. The van der Waals surface area contributed by atoms with Crippen molar-refractivity contribution in [3.05, 3.63) is 60.8 Å². The van der Waals surface area contributed by atoms with Crippen molar-refractivity contribution in [3.8, 4) is 5.75 Å². The zero-order chi connectivity index (χ0) is 14.1. The van der Waals surface area contributed by atoms with E-state index in [0.29, 0.717) is 11.1 Å². The molecule has 2 aromatic heterocycles. The van der Waals surface area contributed by atoms with E-state index in [1.54, 1.807) is 22.7 Å². The highest BCUT2D eigenvalue weighted by molar-refractivity contribution is 6.11. The summed E-state index contributed by atoms with van der Waals surface area (Å²) in [4.78, 5) is 12.2. The van der Waals surface area contributed by atoms with Crippen LogP contribution in [0.4, 0.5) is 0 Å². The van der Waals surface area contributed by atoms with Crippen LogP contribution >= 0.6 is 0 Å². The summed E-state index contributed by atoms with van der Waals surface area (Å²) >= 11 is 0. The van der Waals surface area contributed by atoms with Gasteiger partial charge in [-0.2, -0.15) is 0 Å². The largest absolute Gasteiger partial charge is 0.506 e. The van der Waals surface area contributed by atoms with Crippen LogP contribution in [-0.2, 0) is 4.74 Å². The van der Waals surface area contributed by atoms with Crippen molar-refractivity contribution in [1.82, 2.24) is 4.40 Å². The van der Waals surface area contributed by atoms with Crippen molar-refractivity contribution in [2.24, 2.45) is 0 Å². The van der Waals surface area contributed by atoms with Gasteiger partial charge in [0.25, 0.3) is 0 Å². The van der Waals surface area contributed by atoms with Gasteiger partial charge in [-0.25, -0.2) is 4.79 Å². The van der Waals surface area contributed by atoms with Crippen LogP contribution in [0.1, 0.15) is 10.4 Å². The molecule has 4 heteroatoms. The number of aromatic nitrogens is 1. The molecule has 1 N–H and O–H groups in total. The molecule has 0 radical (unpaired) electrons. The highest BCUT2D eigenvalue weighted by Gasteiger charge is 2.19. The first-order valence-corrected chi connectivity index (χ1v) is 6.22. The van der Waals surface area contributed by atoms with Gasteiger partial charge in [0.15, 0.2) is 0 Å². The number of fused-ring (bicyclic) bond motifs is 3. The van der Waals surface area contributed by atoms with Gasteiger partial charge in [0, 0.05) is 5.39 Å². The minimum atomic E-state index is -0.394.